The Morgan fingerprint density at radius 1 is 1.71 bits per heavy atom. The minimum Gasteiger partial charge on any atom is -0.496 e. The molecule has 0 unspecified atom stereocenters. The Labute approximate surface area is 85.7 Å². The second-order valence-corrected chi connectivity index (χ2v) is 4.13. The van der Waals surface area contributed by atoms with Crippen LogP contribution in [0.25, 0.3) is 0 Å². The molecule has 1 aliphatic rings. The Hall–Kier alpha value is -1.07. The highest BCUT2D eigenvalue weighted by molar-refractivity contribution is 7.12. The van der Waals surface area contributed by atoms with Gasteiger partial charge in [0.25, 0.3) is 5.91 Å². The van der Waals surface area contributed by atoms with Crippen LogP contribution in [-0.4, -0.2) is 42.2 Å². The van der Waals surface area contributed by atoms with Crippen molar-refractivity contribution in [1.82, 2.24) is 4.90 Å². The van der Waals surface area contributed by atoms with Crippen molar-refractivity contribution in [3.63, 3.8) is 0 Å². The Balaban J connectivity index is 2.04. The molecule has 5 heteroatoms. The van der Waals surface area contributed by atoms with E-state index >= 15 is 0 Å². The summed E-state index contributed by atoms with van der Waals surface area (Å²) in [4.78, 5) is 14.0. The molecule has 2 rings (SSSR count). The zero-order valence-electron chi connectivity index (χ0n) is 7.77. The number of methoxy groups -OCH3 is 1. The number of thiophene rings is 1. The van der Waals surface area contributed by atoms with Crippen LogP contribution in [0.5, 0.6) is 5.75 Å². The Morgan fingerprint density at radius 3 is 2.93 bits per heavy atom. The predicted molar refractivity (Wildman–Crippen MR) is 52.8 cm³/mol. The van der Waals surface area contributed by atoms with Gasteiger partial charge in [0.1, 0.15) is 5.75 Å². The van der Waals surface area contributed by atoms with Crippen molar-refractivity contribution in [3.05, 3.63) is 16.3 Å². The van der Waals surface area contributed by atoms with E-state index in [4.69, 9.17) is 9.84 Å². The van der Waals surface area contributed by atoms with Gasteiger partial charge >= 0.3 is 0 Å². The first-order valence-corrected chi connectivity index (χ1v) is 5.18. The standard InChI is InChI=1S/C9H11NO3S/c1-13-7-2-8(14-5-7)9(12)10-3-6(11)4-10/h2,5-6,11H,3-4H2,1H3. The number of carbonyl (C=O) groups excluding carboxylic acids is 1. The summed E-state index contributed by atoms with van der Waals surface area (Å²) < 4.78 is 4.99. The predicted octanol–water partition coefficient (Wildman–Crippen LogP) is 0.573. The molecule has 1 N–H and O–H groups in total. The van der Waals surface area contributed by atoms with Gasteiger partial charge in [-0.2, -0.15) is 0 Å². The topological polar surface area (TPSA) is 49.8 Å². The number of hydrogen-bond donors (Lipinski definition) is 1. The molecule has 0 saturated carbocycles. The summed E-state index contributed by atoms with van der Waals surface area (Å²) in [6.45, 7) is 0.887. The third-order valence-corrected chi connectivity index (χ3v) is 3.07. The summed E-state index contributed by atoms with van der Waals surface area (Å²) in [6.07, 6.45) is -0.346. The van der Waals surface area contributed by atoms with Crippen molar-refractivity contribution in [2.45, 2.75) is 6.10 Å². The van der Waals surface area contributed by atoms with Gasteiger partial charge in [0.05, 0.1) is 18.1 Å². The van der Waals surface area contributed by atoms with Crippen molar-refractivity contribution >= 4 is 17.2 Å². The van der Waals surface area contributed by atoms with E-state index in [1.807, 2.05) is 0 Å². The third kappa shape index (κ3) is 1.60. The Bertz CT molecular complexity index is 344. The number of aliphatic hydroxyl groups excluding tert-OH is 1. The maximum Gasteiger partial charge on any atom is 0.264 e. The van der Waals surface area contributed by atoms with Gasteiger partial charge in [-0.05, 0) is 0 Å². The lowest BCUT2D eigenvalue weighted by molar-refractivity contribution is 0.00622. The van der Waals surface area contributed by atoms with Gasteiger partial charge in [0.2, 0.25) is 0 Å². The van der Waals surface area contributed by atoms with Crippen LogP contribution in [0.15, 0.2) is 11.4 Å². The van der Waals surface area contributed by atoms with E-state index in [-0.39, 0.29) is 12.0 Å². The second-order valence-electron chi connectivity index (χ2n) is 3.21. The quantitative estimate of drug-likeness (QED) is 0.781. The van der Waals surface area contributed by atoms with Crippen LogP contribution in [0, 0.1) is 0 Å². The highest BCUT2D eigenvalue weighted by Gasteiger charge is 2.30. The van der Waals surface area contributed by atoms with Gasteiger partial charge in [-0.1, -0.05) is 0 Å². The van der Waals surface area contributed by atoms with Crippen LogP contribution in [0.1, 0.15) is 9.67 Å². The highest BCUT2D eigenvalue weighted by Crippen LogP contribution is 2.24. The smallest absolute Gasteiger partial charge is 0.264 e. The lowest BCUT2D eigenvalue weighted by Crippen LogP contribution is -2.53. The molecule has 14 heavy (non-hydrogen) atoms. The Kier molecular flexibility index (Phi) is 2.43. The molecule has 0 spiro atoms. The molecule has 4 nitrogen and oxygen atoms in total. The number of nitrogens with zero attached hydrogens (tertiary/aromatic N) is 1. The zero-order chi connectivity index (χ0) is 10.1. The molecule has 0 aromatic carbocycles. The highest BCUT2D eigenvalue weighted by atomic mass is 32.1. The van der Waals surface area contributed by atoms with Gasteiger partial charge in [0.15, 0.2) is 0 Å². The molecular formula is C9H11NO3S. The van der Waals surface area contributed by atoms with Crippen LogP contribution >= 0.6 is 11.3 Å². The first kappa shape index (κ1) is 9.48. The number of rotatable bonds is 2. The number of carbonyl (C=O) groups is 1. The van der Waals surface area contributed by atoms with E-state index in [0.717, 1.165) is 0 Å². The number of amides is 1. The van der Waals surface area contributed by atoms with Crippen molar-refractivity contribution < 1.29 is 14.6 Å². The van der Waals surface area contributed by atoms with Crippen LogP contribution in [0.2, 0.25) is 0 Å². The molecule has 1 aromatic rings. The van der Waals surface area contributed by atoms with Crippen molar-refractivity contribution in [3.8, 4) is 5.75 Å². The van der Waals surface area contributed by atoms with E-state index in [0.29, 0.717) is 23.7 Å². The van der Waals surface area contributed by atoms with E-state index in [1.165, 1.54) is 11.3 Å². The maximum absolute atomic E-state index is 11.7. The number of likely N-dealkylation sites (tertiary alicyclic amines) is 1. The van der Waals surface area contributed by atoms with E-state index in [1.54, 1.807) is 23.5 Å². The molecule has 0 radical (unpaired) electrons. The molecule has 2 heterocycles. The van der Waals surface area contributed by atoms with Crippen LogP contribution in [0.3, 0.4) is 0 Å². The van der Waals surface area contributed by atoms with Gasteiger partial charge in [-0.25, -0.2) is 0 Å². The van der Waals surface area contributed by atoms with Gasteiger partial charge < -0.3 is 14.7 Å². The third-order valence-electron chi connectivity index (χ3n) is 2.17. The molecule has 0 bridgehead atoms. The normalized spacial score (nSPS) is 16.6. The molecule has 0 aliphatic carbocycles. The van der Waals surface area contributed by atoms with Gasteiger partial charge in [0, 0.05) is 24.5 Å². The fourth-order valence-electron chi connectivity index (χ4n) is 1.31. The summed E-state index contributed by atoms with van der Waals surface area (Å²) in [5, 5.41) is 10.8. The number of ether oxygens (including phenoxy) is 1. The fourth-order valence-corrected chi connectivity index (χ4v) is 2.14. The average Bonchev–Trinajstić information content (AvgIpc) is 2.60. The summed E-state index contributed by atoms with van der Waals surface area (Å²) in [5.74, 6) is 0.683. The van der Waals surface area contributed by atoms with E-state index < -0.39 is 0 Å². The van der Waals surface area contributed by atoms with Crippen molar-refractivity contribution in [1.29, 1.82) is 0 Å². The molecule has 1 fully saturated rings. The Morgan fingerprint density at radius 2 is 2.43 bits per heavy atom. The first-order chi connectivity index (χ1) is 6.70. The molecule has 0 atom stereocenters. The monoisotopic (exact) mass is 213 g/mol. The minimum absolute atomic E-state index is 0.0244. The van der Waals surface area contributed by atoms with Gasteiger partial charge in [-0.3, -0.25) is 4.79 Å². The lowest BCUT2D eigenvalue weighted by Gasteiger charge is -2.35. The largest absolute Gasteiger partial charge is 0.496 e. The van der Waals surface area contributed by atoms with Crippen LogP contribution < -0.4 is 4.74 Å². The summed E-state index contributed by atoms with van der Waals surface area (Å²) in [5.41, 5.74) is 0. The van der Waals surface area contributed by atoms with Crippen LogP contribution in [-0.2, 0) is 0 Å². The van der Waals surface area contributed by atoms with Crippen LogP contribution in [0.4, 0.5) is 0 Å². The number of hydrogen-bond acceptors (Lipinski definition) is 4. The number of aliphatic hydroxyl groups is 1. The van der Waals surface area contributed by atoms with Gasteiger partial charge in [-0.15, -0.1) is 11.3 Å². The summed E-state index contributed by atoms with van der Waals surface area (Å²) >= 11 is 1.36. The molecule has 76 valence electrons. The molecule has 1 aromatic heterocycles. The second kappa shape index (κ2) is 3.59. The zero-order valence-corrected chi connectivity index (χ0v) is 8.58. The minimum atomic E-state index is -0.346. The summed E-state index contributed by atoms with van der Waals surface area (Å²) in [6, 6.07) is 1.72. The number of β-amino-alcohol motifs (C(OH)–C–C–N with tert-alkyl or cyclic N) is 1. The van der Waals surface area contributed by atoms with E-state index in [9.17, 15) is 4.79 Å². The van der Waals surface area contributed by atoms with E-state index in [2.05, 4.69) is 0 Å². The van der Waals surface area contributed by atoms with Crippen molar-refractivity contribution in [2.75, 3.05) is 20.2 Å². The van der Waals surface area contributed by atoms with Crippen molar-refractivity contribution in [2.24, 2.45) is 0 Å². The maximum atomic E-state index is 11.7. The first-order valence-electron chi connectivity index (χ1n) is 4.30. The summed E-state index contributed by atoms with van der Waals surface area (Å²) in [7, 11) is 1.57. The average molecular weight is 213 g/mol. The fraction of sp³-hybridized carbons (Fsp3) is 0.444. The molecule has 1 saturated heterocycles. The molecule has 1 amide bonds. The molecule has 1 aliphatic heterocycles. The SMILES string of the molecule is COc1csc(C(=O)N2CC(O)C2)c1. The lowest BCUT2D eigenvalue weighted by atomic mass is 10.1. The molecular weight excluding hydrogens is 202 g/mol.